The van der Waals surface area contributed by atoms with Gasteiger partial charge in [0.15, 0.2) is 0 Å². The Hall–Kier alpha value is -0.900. The average molecular weight is 223 g/mol. The summed E-state index contributed by atoms with van der Waals surface area (Å²) in [4.78, 5) is 4.24. The third kappa shape index (κ3) is 2.61. The lowest BCUT2D eigenvalue weighted by molar-refractivity contribution is 0.107. The second-order valence-electron chi connectivity index (χ2n) is 4.72. The van der Waals surface area contributed by atoms with E-state index in [1.54, 1.807) is 6.33 Å². The summed E-state index contributed by atoms with van der Waals surface area (Å²) >= 11 is 0. The van der Waals surface area contributed by atoms with E-state index in [-0.39, 0.29) is 6.10 Å². The van der Waals surface area contributed by atoms with Crippen molar-refractivity contribution in [1.29, 1.82) is 0 Å². The second-order valence-corrected chi connectivity index (χ2v) is 4.72. The molecule has 4 nitrogen and oxygen atoms in total. The van der Waals surface area contributed by atoms with Crippen LogP contribution in [0.15, 0.2) is 6.33 Å². The van der Waals surface area contributed by atoms with Crippen molar-refractivity contribution in [3.63, 3.8) is 0 Å². The van der Waals surface area contributed by atoms with Crippen LogP contribution in [-0.4, -0.2) is 26.0 Å². The van der Waals surface area contributed by atoms with Gasteiger partial charge in [0, 0.05) is 13.0 Å². The van der Waals surface area contributed by atoms with Crippen LogP contribution in [0.1, 0.15) is 44.9 Å². The van der Waals surface area contributed by atoms with Gasteiger partial charge in [-0.3, -0.25) is 4.68 Å². The summed E-state index contributed by atoms with van der Waals surface area (Å²) < 4.78 is 1.91. The molecule has 1 N–H and O–H groups in total. The van der Waals surface area contributed by atoms with Gasteiger partial charge in [0.25, 0.3) is 0 Å². The van der Waals surface area contributed by atoms with Crippen LogP contribution in [-0.2, 0) is 13.0 Å². The summed E-state index contributed by atoms with van der Waals surface area (Å²) in [7, 11) is 0. The summed E-state index contributed by atoms with van der Waals surface area (Å²) in [6, 6.07) is 0. The van der Waals surface area contributed by atoms with Gasteiger partial charge in [-0.2, -0.15) is 5.10 Å². The molecule has 1 aromatic rings. The van der Waals surface area contributed by atoms with Crippen molar-refractivity contribution >= 4 is 0 Å². The molecule has 1 aliphatic rings. The molecule has 1 atom stereocenters. The Morgan fingerprint density at radius 1 is 1.50 bits per heavy atom. The summed E-state index contributed by atoms with van der Waals surface area (Å²) in [6.07, 6.45) is 7.94. The SMILES string of the molecule is CCCn1ncnc1CC(O)C1CCCC1. The van der Waals surface area contributed by atoms with Crippen LogP contribution in [0.4, 0.5) is 0 Å². The minimum atomic E-state index is -0.234. The van der Waals surface area contributed by atoms with Crippen molar-refractivity contribution in [3.05, 3.63) is 12.2 Å². The monoisotopic (exact) mass is 223 g/mol. The summed E-state index contributed by atoms with van der Waals surface area (Å²) in [6.45, 7) is 3.02. The zero-order chi connectivity index (χ0) is 11.4. The highest BCUT2D eigenvalue weighted by atomic mass is 16.3. The van der Waals surface area contributed by atoms with Gasteiger partial charge >= 0.3 is 0 Å². The smallest absolute Gasteiger partial charge is 0.138 e. The van der Waals surface area contributed by atoms with Crippen molar-refractivity contribution in [1.82, 2.24) is 14.8 Å². The lowest BCUT2D eigenvalue weighted by Gasteiger charge is -2.17. The van der Waals surface area contributed by atoms with Crippen LogP contribution < -0.4 is 0 Å². The average Bonchev–Trinajstić information content (AvgIpc) is 2.90. The Bertz CT molecular complexity index is 318. The van der Waals surface area contributed by atoms with Crippen molar-refractivity contribution in [3.8, 4) is 0 Å². The number of aromatic nitrogens is 3. The van der Waals surface area contributed by atoms with E-state index in [0.717, 1.165) is 18.8 Å². The number of aryl methyl sites for hydroxylation is 1. The maximum Gasteiger partial charge on any atom is 0.138 e. The molecule has 0 bridgehead atoms. The molecule has 1 fully saturated rings. The Kier molecular flexibility index (Phi) is 3.93. The van der Waals surface area contributed by atoms with Gasteiger partial charge in [0.05, 0.1) is 6.10 Å². The molecule has 90 valence electrons. The van der Waals surface area contributed by atoms with E-state index in [1.165, 1.54) is 25.7 Å². The highest BCUT2D eigenvalue weighted by molar-refractivity contribution is 4.90. The molecule has 1 heterocycles. The number of rotatable bonds is 5. The molecular formula is C12H21N3O. The molecule has 0 spiro atoms. The first-order valence-electron chi connectivity index (χ1n) is 6.36. The molecule has 0 aliphatic heterocycles. The van der Waals surface area contributed by atoms with Crippen molar-refractivity contribution < 1.29 is 5.11 Å². The van der Waals surface area contributed by atoms with Gasteiger partial charge in [-0.1, -0.05) is 19.8 Å². The predicted molar refractivity (Wildman–Crippen MR) is 62.0 cm³/mol. The fourth-order valence-electron chi connectivity index (χ4n) is 2.54. The van der Waals surface area contributed by atoms with Crippen molar-refractivity contribution in [2.24, 2.45) is 5.92 Å². The molecule has 0 radical (unpaired) electrons. The van der Waals surface area contributed by atoms with Crippen molar-refractivity contribution in [2.75, 3.05) is 0 Å². The summed E-state index contributed by atoms with van der Waals surface area (Å²) in [5.74, 6) is 1.41. The summed E-state index contributed by atoms with van der Waals surface area (Å²) in [5.41, 5.74) is 0. The zero-order valence-electron chi connectivity index (χ0n) is 9.97. The van der Waals surface area contributed by atoms with E-state index < -0.39 is 0 Å². The third-order valence-corrected chi connectivity index (χ3v) is 3.47. The molecule has 2 rings (SSSR count). The molecule has 0 aromatic carbocycles. The van der Waals surface area contributed by atoms with Gasteiger partial charge in [0.2, 0.25) is 0 Å². The van der Waals surface area contributed by atoms with Gasteiger partial charge in [0.1, 0.15) is 12.2 Å². The first-order chi connectivity index (χ1) is 7.81. The second kappa shape index (κ2) is 5.43. The van der Waals surface area contributed by atoms with E-state index in [0.29, 0.717) is 12.3 Å². The maximum atomic E-state index is 10.1. The lowest BCUT2D eigenvalue weighted by Crippen LogP contribution is -2.22. The van der Waals surface area contributed by atoms with Crippen LogP contribution in [0.3, 0.4) is 0 Å². The zero-order valence-corrected chi connectivity index (χ0v) is 9.97. The molecule has 4 heteroatoms. The quantitative estimate of drug-likeness (QED) is 0.828. The molecule has 1 aliphatic carbocycles. The molecular weight excluding hydrogens is 202 g/mol. The third-order valence-electron chi connectivity index (χ3n) is 3.47. The van der Waals surface area contributed by atoms with Gasteiger partial charge in [-0.25, -0.2) is 4.98 Å². The Morgan fingerprint density at radius 2 is 2.25 bits per heavy atom. The number of aliphatic hydroxyl groups is 1. The number of hydrogen-bond acceptors (Lipinski definition) is 3. The fraction of sp³-hybridized carbons (Fsp3) is 0.833. The van der Waals surface area contributed by atoms with E-state index in [1.807, 2.05) is 4.68 Å². The van der Waals surface area contributed by atoms with Crippen molar-refractivity contribution in [2.45, 2.75) is 58.1 Å². The Balaban J connectivity index is 1.94. The first kappa shape index (κ1) is 11.6. The van der Waals surface area contributed by atoms with Crippen LogP contribution in [0, 0.1) is 5.92 Å². The van der Waals surface area contributed by atoms with Gasteiger partial charge in [-0.15, -0.1) is 0 Å². The fourth-order valence-corrected chi connectivity index (χ4v) is 2.54. The first-order valence-corrected chi connectivity index (χ1v) is 6.36. The van der Waals surface area contributed by atoms with Crippen LogP contribution in [0.5, 0.6) is 0 Å². The van der Waals surface area contributed by atoms with Crippen LogP contribution >= 0.6 is 0 Å². The highest BCUT2D eigenvalue weighted by Gasteiger charge is 2.24. The van der Waals surface area contributed by atoms with Gasteiger partial charge in [-0.05, 0) is 25.2 Å². The largest absolute Gasteiger partial charge is 0.392 e. The molecule has 1 saturated carbocycles. The molecule has 16 heavy (non-hydrogen) atoms. The maximum absolute atomic E-state index is 10.1. The standard InChI is InChI=1S/C12H21N3O/c1-2-7-15-12(13-9-14-15)8-11(16)10-5-3-4-6-10/h9-11,16H,2-8H2,1H3. The minimum absolute atomic E-state index is 0.234. The number of aliphatic hydroxyl groups excluding tert-OH is 1. The van der Waals surface area contributed by atoms with Crippen LogP contribution in [0.25, 0.3) is 0 Å². The summed E-state index contributed by atoms with van der Waals surface area (Å²) in [5, 5.41) is 14.3. The van der Waals surface area contributed by atoms with E-state index >= 15 is 0 Å². The molecule has 1 aromatic heterocycles. The number of hydrogen-bond donors (Lipinski definition) is 1. The molecule has 1 unspecified atom stereocenters. The Labute approximate surface area is 96.7 Å². The lowest BCUT2D eigenvalue weighted by atomic mass is 9.98. The van der Waals surface area contributed by atoms with E-state index in [2.05, 4.69) is 17.0 Å². The topological polar surface area (TPSA) is 50.9 Å². The minimum Gasteiger partial charge on any atom is -0.392 e. The highest BCUT2D eigenvalue weighted by Crippen LogP contribution is 2.28. The van der Waals surface area contributed by atoms with Crippen LogP contribution in [0.2, 0.25) is 0 Å². The van der Waals surface area contributed by atoms with Gasteiger partial charge < -0.3 is 5.11 Å². The predicted octanol–water partition coefficient (Wildman–Crippen LogP) is 1.78. The normalized spacial score (nSPS) is 19.1. The van der Waals surface area contributed by atoms with E-state index in [4.69, 9.17) is 0 Å². The molecule has 0 amide bonds. The number of nitrogens with zero attached hydrogens (tertiary/aromatic N) is 3. The molecule has 0 saturated heterocycles. The Morgan fingerprint density at radius 3 is 2.94 bits per heavy atom. The van der Waals surface area contributed by atoms with E-state index in [9.17, 15) is 5.11 Å².